The molecule has 0 spiro atoms. The zero-order chi connectivity index (χ0) is 30.2. The fraction of sp³-hybridized carbons (Fsp3) is 0.324. The van der Waals surface area contributed by atoms with Crippen LogP contribution in [-0.4, -0.2) is 45.8 Å². The zero-order valence-corrected chi connectivity index (χ0v) is 24.6. The fourth-order valence-electron chi connectivity index (χ4n) is 6.35. The van der Waals surface area contributed by atoms with Crippen molar-refractivity contribution in [2.75, 3.05) is 6.54 Å². The highest BCUT2D eigenvalue weighted by Gasteiger charge is 2.40. The van der Waals surface area contributed by atoms with Crippen LogP contribution in [0.25, 0.3) is 10.9 Å². The van der Waals surface area contributed by atoms with Crippen LogP contribution in [0.5, 0.6) is 0 Å². The molecule has 4 aromatic rings. The van der Waals surface area contributed by atoms with Crippen molar-refractivity contribution < 1.29 is 23.2 Å². The van der Waals surface area contributed by atoms with Crippen molar-refractivity contribution in [1.82, 2.24) is 14.8 Å². The third-order valence-electron chi connectivity index (χ3n) is 8.62. The highest BCUT2D eigenvalue weighted by atomic mass is 35.5. The van der Waals surface area contributed by atoms with E-state index in [9.17, 15) is 23.2 Å². The molecule has 2 atom stereocenters. The van der Waals surface area contributed by atoms with E-state index in [1.807, 2.05) is 0 Å². The first-order valence-corrected chi connectivity index (χ1v) is 14.9. The first-order valence-electron chi connectivity index (χ1n) is 14.6. The maximum atomic E-state index is 14.7. The second kappa shape index (κ2) is 11.9. The maximum Gasteiger partial charge on any atom is 0.243 e. The third-order valence-corrected chi connectivity index (χ3v) is 8.91. The van der Waals surface area contributed by atoms with Gasteiger partial charge in [0.05, 0.1) is 17.1 Å². The van der Waals surface area contributed by atoms with Crippen molar-refractivity contribution >= 4 is 40.1 Å². The van der Waals surface area contributed by atoms with Crippen LogP contribution in [0.4, 0.5) is 8.78 Å². The fourth-order valence-corrected chi connectivity index (χ4v) is 6.55. The lowest BCUT2D eigenvalue weighted by Gasteiger charge is -2.24. The Morgan fingerprint density at radius 1 is 0.953 bits per heavy atom. The number of benzene rings is 3. The van der Waals surface area contributed by atoms with E-state index in [4.69, 9.17) is 11.6 Å². The lowest BCUT2D eigenvalue weighted by molar-refractivity contribution is -0.139. The lowest BCUT2D eigenvalue weighted by atomic mass is 9.92. The van der Waals surface area contributed by atoms with Crippen molar-refractivity contribution in [2.45, 2.75) is 64.3 Å². The zero-order valence-electron chi connectivity index (χ0n) is 23.8. The van der Waals surface area contributed by atoms with Gasteiger partial charge in [-0.25, -0.2) is 8.78 Å². The quantitative estimate of drug-likeness (QED) is 0.284. The number of rotatable bonds is 6. The number of amides is 2. The average molecular weight is 604 g/mol. The van der Waals surface area contributed by atoms with Gasteiger partial charge in [0.15, 0.2) is 5.78 Å². The number of nitrogens with zero attached hydrogens (tertiary/aromatic N) is 2. The van der Waals surface area contributed by atoms with Crippen LogP contribution in [-0.2, 0) is 48.4 Å². The Bertz CT molecular complexity index is 1730. The van der Waals surface area contributed by atoms with Gasteiger partial charge in [-0.1, -0.05) is 60.1 Å². The molecule has 9 heteroatoms. The van der Waals surface area contributed by atoms with Crippen LogP contribution < -0.4 is 5.32 Å². The number of hydrogen-bond acceptors (Lipinski definition) is 3. The molecule has 222 valence electrons. The number of nitrogens with one attached hydrogen (secondary N) is 1. The minimum Gasteiger partial charge on any atom is -0.350 e. The number of halogens is 3. The Hall–Kier alpha value is -4.04. The molecule has 0 saturated carbocycles. The van der Waals surface area contributed by atoms with Gasteiger partial charge in [0.1, 0.15) is 24.6 Å². The smallest absolute Gasteiger partial charge is 0.243 e. The molecule has 1 N–H and O–H groups in total. The molecular formula is C34H32ClF2N3O3. The Kier molecular flexibility index (Phi) is 8.05. The molecule has 0 radical (unpaired) electrons. The Balaban J connectivity index is 1.29. The standard InChI is InChI=1S/C34H32ClF2N3O3/c1-20(41)27-18-39(33-24-12-10-22-7-5-21(6-8-22)9-11-23(13-14-24)31(27)33)19-30(42)40-17-26(36)15-29(40)34(43)38-16-25-3-2-4-28(35)32(25)37/h2-8,13-14,18,26,29H,9-12,15-17,19H2,1H3,(H,38,43)/t26-,29+/m1/s1. The minimum absolute atomic E-state index is 0.0606. The van der Waals surface area contributed by atoms with Gasteiger partial charge in [-0.15, -0.1) is 0 Å². The number of carbonyl (C=O) groups is 3. The summed E-state index contributed by atoms with van der Waals surface area (Å²) in [4.78, 5) is 41.0. The molecule has 6 nitrogen and oxygen atoms in total. The number of alkyl halides is 1. The second-order valence-corrected chi connectivity index (χ2v) is 11.9. The topological polar surface area (TPSA) is 71.4 Å². The highest BCUT2D eigenvalue weighted by Crippen LogP contribution is 2.32. The highest BCUT2D eigenvalue weighted by molar-refractivity contribution is 6.30. The van der Waals surface area contributed by atoms with Crippen LogP contribution in [0, 0.1) is 5.82 Å². The molecule has 2 heterocycles. The predicted molar refractivity (Wildman–Crippen MR) is 161 cm³/mol. The maximum absolute atomic E-state index is 14.7. The molecule has 4 bridgehead atoms. The molecule has 0 unspecified atom stereocenters. The van der Waals surface area contributed by atoms with Crippen molar-refractivity contribution in [2.24, 2.45) is 0 Å². The Morgan fingerprint density at radius 2 is 1.63 bits per heavy atom. The summed E-state index contributed by atoms with van der Waals surface area (Å²) in [6.07, 6.45) is 3.28. The van der Waals surface area contributed by atoms with E-state index in [0.717, 1.165) is 41.3 Å². The van der Waals surface area contributed by atoms with Gasteiger partial charge in [0, 0.05) is 35.7 Å². The van der Waals surface area contributed by atoms with Crippen LogP contribution in [0.15, 0.2) is 60.8 Å². The predicted octanol–water partition coefficient (Wildman–Crippen LogP) is 5.78. The summed E-state index contributed by atoms with van der Waals surface area (Å²) < 4.78 is 30.8. The molecule has 1 saturated heterocycles. The SMILES string of the molecule is CC(=O)c1cn(CC(=O)N2C[C@H](F)C[C@H]2C(=O)NCc2cccc(Cl)c2F)c2c3ccc(c12)CCc1ccc(cc1)CC3. The summed E-state index contributed by atoms with van der Waals surface area (Å²) in [5.41, 5.74) is 6.06. The van der Waals surface area contributed by atoms with Crippen LogP contribution in [0.2, 0.25) is 5.02 Å². The number of aryl methyl sites for hydroxylation is 4. The number of ketones is 1. The molecule has 1 aromatic heterocycles. The van der Waals surface area contributed by atoms with Gasteiger partial charge in [-0.3, -0.25) is 14.4 Å². The van der Waals surface area contributed by atoms with Gasteiger partial charge in [0.25, 0.3) is 0 Å². The van der Waals surface area contributed by atoms with Gasteiger partial charge < -0.3 is 14.8 Å². The summed E-state index contributed by atoms with van der Waals surface area (Å²) in [7, 11) is 0. The number of Topliss-reactive ketones (excluding diaryl/α,β-unsaturated/α-hetero) is 1. The molecule has 2 amide bonds. The Morgan fingerprint density at radius 3 is 2.33 bits per heavy atom. The summed E-state index contributed by atoms with van der Waals surface area (Å²) in [6.45, 7) is 1.03. The van der Waals surface area contributed by atoms with E-state index in [1.54, 1.807) is 16.8 Å². The van der Waals surface area contributed by atoms with Crippen molar-refractivity contribution in [3.05, 3.63) is 105 Å². The summed E-state index contributed by atoms with van der Waals surface area (Å²) in [5.74, 6) is -1.71. The molecule has 43 heavy (non-hydrogen) atoms. The molecule has 9 rings (SSSR count). The molecule has 5 aliphatic rings. The largest absolute Gasteiger partial charge is 0.350 e. The van der Waals surface area contributed by atoms with Crippen molar-refractivity contribution in [3.63, 3.8) is 0 Å². The molecule has 4 aliphatic carbocycles. The van der Waals surface area contributed by atoms with Gasteiger partial charge in [-0.2, -0.15) is 0 Å². The van der Waals surface area contributed by atoms with Crippen molar-refractivity contribution in [3.8, 4) is 0 Å². The Labute approximate surface area is 253 Å². The first-order chi connectivity index (χ1) is 20.7. The minimum atomic E-state index is -1.37. The summed E-state index contributed by atoms with van der Waals surface area (Å²) in [6, 6.07) is 16.2. The second-order valence-electron chi connectivity index (χ2n) is 11.5. The van der Waals surface area contributed by atoms with E-state index >= 15 is 0 Å². The van der Waals surface area contributed by atoms with Crippen molar-refractivity contribution in [1.29, 1.82) is 0 Å². The summed E-state index contributed by atoms with van der Waals surface area (Å²) >= 11 is 5.85. The monoisotopic (exact) mass is 603 g/mol. The van der Waals surface area contributed by atoms with Gasteiger partial charge in [0.2, 0.25) is 11.8 Å². The number of aromatic nitrogens is 1. The summed E-state index contributed by atoms with van der Waals surface area (Å²) in [5, 5.41) is 3.44. The van der Waals surface area contributed by atoms with E-state index in [1.165, 1.54) is 35.1 Å². The van der Waals surface area contributed by atoms with Gasteiger partial charge >= 0.3 is 0 Å². The average Bonchev–Trinajstić information content (AvgIpc) is 3.57. The molecule has 1 fully saturated rings. The lowest BCUT2D eigenvalue weighted by Crippen LogP contribution is -2.46. The first kappa shape index (κ1) is 29.1. The number of carbonyl (C=O) groups excluding carboxylic acids is 3. The van der Waals surface area contributed by atoms with Crippen LogP contribution in [0.3, 0.4) is 0 Å². The number of likely N-dealkylation sites (tertiary alicyclic amines) is 1. The molecular weight excluding hydrogens is 572 g/mol. The molecule has 1 aliphatic heterocycles. The van der Waals surface area contributed by atoms with Crippen LogP contribution in [0.1, 0.15) is 51.5 Å². The van der Waals surface area contributed by atoms with E-state index in [0.29, 0.717) is 12.0 Å². The van der Waals surface area contributed by atoms with E-state index < -0.39 is 29.8 Å². The molecule has 3 aromatic carbocycles. The number of hydrogen-bond donors (Lipinski definition) is 1. The normalized spacial score (nSPS) is 18.1. The van der Waals surface area contributed by atoms with E-state index in [2.05, 4.69) is 41.7 Å². The van der Waals surface area contributed by atoms with Gasteiger partial charge in [-0.05, 0) is 60.9 Å². The third kappa shape index (κ3) is 5.80. The van der Waals surface area contributed by atoms with E-state index in [-0.39, 0.29) is 42.4 Å². The van der Waals surface area contributed by atoms with Crippen LogP contribution >= 0.6 is 11.6 Å².